The second-order valence-electron chi connectivity index (χ2n) is 11.7. The van der Waals surface area contributed by atoms with Crippen molar-refractivity contribution < 1.29 is 0 Å². The van der Waals surface area contributed by atoms with Crippen LogP contribution in [0.3, 0.4) is 0 Å². The summed E-state index contributed by atoms with van der Waals surface area (Å²) in [5.74, 6) is 2.89. The van der Waals surface area contributed by atoms with Crippen LogP contribution in [0.2, 0.25) is 0 Å². The molecule has 0 spiro atoms. The topological polar surface area (TPSA) is 64.5 Å². The normalized spacial score (nSPS) is 13.8. The molecule has 8 rings (SSSR count). The van der Waals surface area contributed by atoms with Crippen LogP contribution in [0.15, 0.2) is 170 Å². The summed E-state index contributed by atoms with van der Waals surface area (Å²) in [6, 6.07) is 49.4. The summed E-state index contributed by atoms with van der Waals surface area (Å²) in [7, 11) is 0. The zero-order valence-corrected chi connectivity index (χ0v) is 26.2. The molecule has 5 aromatic carbocycles. The molecule has 1 atom stereocenters. The number of allylic oxidation sites excluding steroid dienone is 4. The van der Waals surface area contributed by atoms with Crippen molar-refractivity contribution in [3.8, 4) is 67.8 Å². The van der Waals surface area contributed by atoms with Gasteiger partial charge < -0.3 is 0 Å². The Hall–Kier alpha value is -6.33. The molecular formula is C43H31N5. The van der Waals surface area contributed by atoms with E-state index in [4.69, 9.17) is 24.9 Å². The Morgan fingerprint density at radius 1 is 0.396 bits per heavy atom. The summed E-state index contributed by atoms with van der Waals surface area (Å²) >= 11 is 0. The Kier molecular flexibility index (Phi) is 7.99. The molecule has 1 aliphatic rings. The van der Waals surface area contributed by atoms with Crippen LogP contribution in [0, 0.1) is 0 Å². The van der Waals surface area contributed by atoms with E-state index in [0.717, 1.165) is 62.6 Å². The monoisotopic (exact) mass is 617 g/mol. The van der Waals surface area contributed by atoms with E-state index in [9.17, 15) is 0 Å². The Labute approximate surface area is 280 Å². The van der Waals surface area contributed by atoms with E-state index < -0.39 is 0 Å². The minimum absolute atomic E-state index is 0.144. The van der Waals surface area contributed by atoms with Gasteiger partial charge in [-0.3, -0.25) is 0 Å². The average Bonchev–Trinajstić information content (AvgIpc) is 3.19. The second-order valence-corrected chi connectivity index (χ2v) is 11.7. The minimum Gasteiger partial charge on any atom is -0.232 e. The predicted molar refractivity (Wildman–Crippen MR) is 194 cm³/mol. The highest BCUT2D eigenvalue weighted by molar-refractivity contribution is 5.83. The van der Waals surface area contributed by atoms with Crippen LogP contribution in [-0.2, 0) is 0 Å². The van der Waals surface area contributed by atoms with Gasteiger partial charge in [-0.05, 0) is 23.6 Å². The van der Waals surface area contributed by atoms with Crippen LogP contribution in [-0.4, -0.2) is 24.9 Å². The van der Waals surface area contributed by atoms with E-state index in [0.29, 0.717) is 17.5 Å². The third-order valence-electron chi connectivity index (χ3n) is 8.48. The van der Waals surface area contributed by atoms with Gasteiger partial charge in [0.25, 0.3) is 0 Å². The molecule has 5 nitrogen and oxygen atoms in total. The Morgan fingerprint density at radius 2 is 0.875 bits per heavy atom. The summed E-state index contributed by atoms with van der Waals surface area (Å²) in [5.41, 5.74) is 8.87. The molecule has 1 unspecified atom stereocenters. The highest BCUT2D eigenvalue weighted by Crippen LogP contribution is 2.34. The summed E-state index contributed by atoms with van der Waals surface area (Å²) in [6.45, 7) is 0. The average molecular weight is 618 g/mol. The van der Waals surface area contributed by atoms with Gasteiger partial charge in [0.1, 0.15) is 5.82 Å². The molecule has 5 heteroatoms. The third-order valence-corrected chi connectivity index (χ3v) is 8.48. The van der Waals surface area contributed by atoms with Gasteiger partial charge in [-0.2, -0.15) is 0 Å². The summed E-state index contributed by atoms with van der Waals surface area (Å²) in [6.07, 6.45) is 9.40. The van der Waals surface area contributed by atoms with E-state index >= 15 is 0 Å². The molecule has 0 fully saturated rings. The lowest BCUT2D eigenvalue weighted by molar-refractivity contribution is 0.775. The highest BCUT2D eigenvalue weighted by atomic mass is 15.0. The highest BCUT2D eigenvalue weighted by Gasteiger charge is 2.18. The lowest BCUT2D eigenvalue weighted by Crippen LogP contribution is -2.05. The predicted octanol–water partition coefficient (Wildman–Crippen LogP) is 10.3. The van der Waals surface area contributed by atoms with Crippen molar-refractivity contribution in [3.05, 3.63) is 176 Å². The first-order chi connectivity index (χ1) is 23.8. The fourth-order valence-electron chi connectivity index (χ4n) is 5.99. The summed E-state index contributed by atoms with van der Waals surface area (Å²) in [4.78, 5) is 24.9. The number of nitrogens with zero attached hydrogens (tertiary/aromatic N) is 5. The zero-order valence-electron chi connectivity index (χ0n) is 26.2. The molecule has 48 heavy (non-hydrogen) atoms. The number of benzene rings is 5. The molecule has 2 heterocycles. The van der Waals surface area contributed by atoms with Gasteiger partial charge >= 0.3 is 0 Å². The molecule has 228 valence electrons. The number of aromatic nitrogens is 5. The standard InChI is InChI=1S/C43H31N5/c1-5-15-31(16-6-1)38-29-39(45-40(44-38)33-17-7-2-8-18-33)32-27-25-30(26-28-32)36-23-13-14-24-37(36)43-47-41(34-19-9-3-10-20-34)46-42(48-43)35-21-11-4-12-22-35/h1-17,19-29,33H,18H2. The smallest absolute Gasteiger partial charge is 0.164 e. The van der Waals surface area contributed by atoms with Gasteiger partial charge in [-0.25, -0.2) is 24.9 Å². The Balaban J connectivity index is 1.19. The molecule has 0 saturated carbocycles. The van der Waals surface area contributed by atoms with Crippen LogP contribution in [0.25, 0.3) is 67.8 Å². The molecule has 1 aliphatic carbocycles. The zero-order chi connectivity index (χ0) is 32.1. The van der Waals surface area contributed by atoms with Crippen molar-refractivity contribution in [1.82, 2.24) is 24.9 Å². The first kappa shape index (κ1) is 29.1. The molecular weight excluding hydrogens is 587 g/mol. The summed E-state index contributed by atoms with van der Waals surface area (Å²) < 4.78 is 0. The van der Waals surface area contributed by atoms with Gasteiger partial charge in [-0.1, -0.05) is 164 Å². The van der Waals surface area contributed by atoms with Gasteiger partial charge in [0, 0.05) is 33.7 Å². The number of hydrogen-bond donors (Lipinski definition) is 0. The largest absolute Gasteiger partial charge is 0.232 e. The molecule has 0 radical (unpaired) electrons. The maximum Gasteiger partial charge on any atom is 0.164 e. The van der Waals surface area contributed by atoms with Crippen LogP contribution in [0.1, 0.15) is 18.2 Å². The molecule has 0 N–H and O–H groups in total. The van der Waals surface area contributed by atoms with Crippen LogP contribution < -0.4 is 0 Å². The van der Waals surface area contributed by atoms with E-state index in [1.807, 2.05) is 84.9 Å². The van der Waals surface area contributed by atoms with E-state index in [-0.39, 0.29) is 5.92 Å². The molecule has 0 aliphatic heterocycles. The van der Waals surface area contributed by atoms with Crippen LogP contribution in [0.4, 0.5) is 0 Å². The molecule has 2 aromatic heterocycles. The summed E-state index contributed by atoms with van der Waals surface area (Å²) in [5, 5.41) is 0. The maximum atomic E-state index is 5.07. The van der Waals surface area contributed by atoms with Gasteiger partial charge in [-0.15, -0.1) is 0 Å². The van der Waals surface area contributed by atoms with Crippen molar-refractivity contribution in [1.29, 1.82) is 0 Å². The van der Waals surface area contributed by atoms with E-state index in [2.05, 4.69) is 85.0 Å². The molecule has 0 bridgehead atoms. The van der Waals surface area contributed by atoms with Gasteiger partial charge in [0.2, 0.25) is 0 Å². The molecule has 7 aromatic rings. The minimum atomic E-state index is 0.144. The molecule has 0 amide bonds. The lowest BCUT2D eigenvalue weighted by Gasteiger charge is -2.15. The number of hydrogen-bond acceptors (Lipinski definition) is 5. The fraction of sp³-hybridized carbons (Fsp3) is 0.0465. The molecule has 0 saturated heterocycles. The SMILES string of the molecule is C1=CCC(c2nc(-c3ccccc3)cc(-c3ccc(-c4ccccc4-c4nc(-c5ccccc5)nc(-c5ccccc5)n4)cc3)n2)C=C1. The third kappa shape index (κ3) is 6.09. The Bertz CT molecular complexity index is 2190. The van der Waals surface area contributed by atoms with Crippen LogP contribution in [0.5, 0.6) is 0 Å². The van der Waals surface area contributed by atoms with Crippen molar-refractivity contribution in [2.24, 2.45) is 0 Å². The first-order valence-corrected chi connectivity index (χ1v) is 16.1. The van der Waals surface area contributed by atoms with Crippen molar-refractivity contribution in [3.63, 3.8) is 0 Å². The van der Waals surface area contributed by atoms with Crippen molar-refractivity contribution in [2.75, 3.05) is 0 Å². The Morgan fingerprint density at radius 3 is 1.44 bits per heavy atom. The van der Waals surface area contributed by atoms with E-state index in [1.54, 1.807) is 0 Å². The maximum absolute atomic E-state index is 5.07. The quantitative estimate of drug-likeness (QED) is 0.178. The fourth-order valence-corrected chi connectivity index (χ4v) is 5.99. The number of rotatable bonds is 7. The lowest BCUT2D eigenvalue weighted by atomic mass is 9.96. The van der Waals surface area contributed by atoms with Crippen molar-refractivity contribution >= 4 is 0 Å². The first-order valence-electron chi connectivity index (χ1n) is 16.1. The van der Waals surface area contributed by atoms with Crippen molar-refractivity contribution in [2.45, 2.75) is 12.3 Å². The second kappa shape index (κ2) is 13.2. The van der Waals surface area contributed by atoms with Crippen LogP contribution >= 0.6 is 0 Å². The van der Waals surface area contributed by atoms with Gasteiger partial charge in [0.05, 0.1) is 11.4 Å². The van der Waals surface area contributed by atoms with Gasteiger partial charge in [0.15, 0.2) is 17.5 Å². The van der Waals surface area contributed by atoms with E-state index in [1.165, 1.54) is 0 Å².